The van der Waals surface area contributed by atoms with E-state index in [1.165, 1.54) is 16.0 Å². The normalized spacial score (nSPS) is 18.3. The highest BCUT2D eigenvalue weighted by atomic mass is 28.4. The van der Waals surface area contributed by atoms with Crippen molar-refractivity contribution in [3.05, 3.63) is 46.5 Å². The molecular weight excluding hydrogens is 354 g/mol. The van der Waals surface area contributed by atoms with Crippen LogP contribution < -0.4 is 0 Å². The molecule has 0 atom stereocenters. The Morgan fingerprint density at radius 3 is 2.00 bits per heavy atom. The van der Waals surface area contributed by atoms with E-state index < -0.39 is 8.32 Å². The lowest BCUT2D eigenvalue weighted by Crippen LogP contribution is -2.41. The van der Waals surface area contributed by atoms with Gasteiger partial charge in [-0.15, -0.1) is 0 Å². The van der Waals surface area contributed by atoms with Gasteiger partial charge >= 0.3 is 0 Å². The molecule has 0 saturated carbocycles. The summed E-state index contributed by atoms with van der Waals surface area (Å²) in [5.41, 5.74) is 3.56. The first-order chi connectivity index (χ1) is 12.6. The number of imide groups is 1. The van der Waals surface area contributed by atoms with Crippen molar-refractivity contribution in [3.8, 4) is 0 Å². The summed E-state index contributed by atoms with van der Waals surface area (Å²) in [6.07, 6.45) is 4.22. The predicted octanol–water partition coefficient (Wildman–Crippen LogP) is 5.18. The summed E-state index contributed by atoms with van der Waals surface area (Å²) in [4.78, 5) is 26.8. The van der Waals surface area contributed by atoms with Gasteiger partial charge in [0.25, 0.3) is 11.8 Å². The van der Waals surface area contributed by atoms with Gasteiger partial charge in [-0.3, -0.25) is 14.5 Å². The minimum absolute atomic E-state index is 0.168. The maximum atomic E-state index is 12.7. The van der Waals surface area contributed by atoms with Crippen LogP contribution in [0.5, 0.6) is 0 Å². The van der Waals surface area contributed by atoms with Crippen molar-refractivity contribution in [2.75, 3.05) is 13.2 Å². The molecule has 1 aliphatic heterocycles. The molecule has 1 heterocycles. The lowest BCUT2D eigenvalue weighted by molar-refractivity contribution is 0.0665. The van der Waals surface area contributed by atoms with Crippen LogP contribution in [0.1, 0.15) is 67.2 Å². The second-order valence-electron chi connectivity index (χ2n) is 9.21. The van der Waals surface area contributed by atoms with Gasteiger partial charge in [0.05, 0.1) is 24.3 Å². The molecular formula is C22H31NO3Si. The minimum atomic E-state index is -1.82. The van der Waals surface area contributed by atoms with Crippen molar-refractivity contribution in [2.24, 2.45) is 0 Å². The molecule has 2 amide bonds. The summed E-state index contributed by atoms with van der Waals surface area (Å²) in [5, 5.41) is 0.172. The maximum absolute atomic E-state index is 12.7. The van der Waals surface area contributed by atoms with Crippen LogP contribution in [0.15, 0.2) is 35.4 Å². The highest BCUT2D eigenvalue weighted by Crippen LogP contribution is 2.38. The van der Waals surface area contributed by atoms with Gasteiger partial charge in [0, 0.05) is 0 Å². The number of hydrogen-bond donors (Lipinski definition) is 0. The molecule has 5 heteroatoms. The molecule has 0 radical (unpaired) electrons. The third-order valence-corrected chi connectivity index (χ3v) is 10.8. The second-order valence-corrected chi connectivity index (χ2v) is 14.0. The molecule has 0 aromatic heterocycles. The van der Waals surface area contributed by atoms with E-state index in [-0.39, 0.29) is 16.9 Å². The van der Waals surface area contributed by atoms with E-state index in [9.17, 15) is 9.59 Å². The van der Waals surface area contributed by atoms with Gasteiger partial charge in [0.1, 0.15) is 0 Å². The molecule has 0 spiro atoms. The largest absolute Gasteiger partial charge is 0.413 e. The van der Waals surface area contributed by atoms with Crippen molar-refractivity contribution in [1.29, 1.82) is 0 Å². The third-order valence-electron chi connectivity index (χ3n) is 6.35. The van der Waals surface area contributed by atoms with Crippen molar-refractivity contribution in [1.82, 2.24) is 4.90 Å². The highest BCUT2D eigenvalue weighted by Gasteiger charge is 2.38. The summed E-state index contributed by atoms with van der Waals surface area (Å²) in [5.74, 6) is -0.336. The Morgan fingerprint density at radius 2 is 1.48 bits per heavy atom. The van der Waals surface area contributed by atoms with Gasteiger partial charge in [0.15, 0.2) is 8.32 Å². The van der Waals surface area contributed by atoms with E-state index in [2.05, 4.69) is 33.9 Å². The van der Waals surface area contributed by atoms with Crippen LogP contribution in [-0.4, -0.2) is 38.2 Å². The van der Waals surface area contributed by atoms with E-state index >= 15 is 0 Å². The van der Waals surface area contributed by atoms with Gasteiger partial charge in [-0.2, -0.15) is 0 Å². The van der Waals surface area contributed by atoms with E-state index in [1.807, 2.05) is 12.1 Å². The van der Waals surface area contributed by atoms with Crippen molar-refractivity contribution >= 4 is 20.1 Å². The van der Waals surface area contributed by atoms with Crippen LogP contribution in [0.25, 0.3) is 0 Å². The van der Waals surface area contributed by atoms with E-state index in [0.717, 1.165) is 25.7 Å². The summed E-state index contributed by atoms with van der Waals surface area (Å²) >= 11 is 0. The molecule has 0 bridgehead atoms. The molecule has 0 unspecified atom stereocenters. The average Bonchev–Trinajstić information content (AvgIpc) is 2.85. The Balaban J connectivity index is 1.78. The Morgan fingerprint density at radius 1 is 0.963 bits per heavy atom. The van der Waals surface area contributed by atoms with Crippen LogP contribution in [0.4, 0.5) is 0 Å². The van der Waals surface area contributed by atoms with Crippen LogP contribution in [-0.2, 0) is 4.43 Å². The zero-order chi connectivity index (χ0) is 19.8. The fourth-order valence-electron chi connectivity index (χ4n) is 3.45. The Hall–Kier alpha value is -1.72. The standard InChI is InChI=1S/C22H31NO3Si/c1-22(2,3)27(4,5)26-15-17-11-7-6-10-16(17)14-23-20(24)18-12-8-9-13-19(18)21(23)25/h8-9,12-13H,6-7,10-11,14-15H2,1-5H3. The molecule has 1 aromatic rings. The Bertz CT molecular complexity index is 754. The van der Waals surface area contributed by atoms with Gasteiger partial charge in [-0.05, 0) is 67.1 Å². The highest BCUT2D eigenvalue weighted by molar-refractivity contribution is 6.74. The van der Waals surface area contributed by atoms with E-state index in [4.69, 9.17) is 4.43 Å². The second kappa shape index (κ2) is 7.36. The number of amides is 2. The lowest BCUT2D eigenvalue weighted by Gasteiger charge is -2.37. The molecule has 0 saturated heterocycles. The molecule has 0 fully saturated rings. The van der Waals surface area contributed by atoms with Crippen LogP contribution in [0, 0.1) is 0 Å². The first kappa shape index (κ1) is 20.0. The van der Waals surface area contributed by atoms with Crippen LogP contribution in [0.2, 0.25) is 18.1 Å². The number of rotatable bonds is 5. The zero-order valence-corrected chi connectivity index (χ0v) is 18.2. The topological polar surface area (TPSA) is 46.6 Å². The van der Waals surface area contributed by atoms with Crippen molar-refractivity contribution in [3.63, 3.8) is 0 Å². The minimum Gasteiger partial charge on any atom is -0.413 e. The molecule has 1 aromatic carbocycles. The smallest absolute Gasteiger partial charge is 0.261 e. The fourth-order valence-corrected chi connectivity index (χ4v) is 4.42. The number of carbonyl (C=O) groups excluding carboxylic acids is 2. The summed E-state index contributed by atoms with van der Waals surface area (Å²) < 4.78 is 6.44. The predicted molar refractivity (Wildman–Crippen MR) is 110 cm³/mol. The van der Waals surface area contributed by atoms with Crippen molar-refractivity contribution in [2.45, 2.75) is 64.6 Å². The van der Waals surface area contributed by atoms with Gasteiger partial charge in [-0.25, -0.2) is 0 Å². The van der Waals surface area contributed by atoms with Gasteiger partial charge in [0.2, 0.25) is 0 Å². The van der Waals surface area contributed by atoms with E-state index in [0.29, 0.717) is 24.3 Å². The number of nitrogens with zero attached hydrogens (tertiary/aromatic N) is 1. The third kappa shape index (κ3) is 3.94. The summed E-state index contributed by atoms with van der Waals surface area (Å²) in [6, 6.07) is 7.11. The SMILES string of the molecule is CC(C)(C)[Si](C)(C)OCC1=C(CN2C(=O)c3ccccc3C2=O)CCCC1. The molecule has 3 rings (SSSR count). The molecule has 146 valence electrons. The summed E-state index contributed by atoms with van der Waals surface area (Å²) in [7, 11) is -1.82. The number of fused-ring (bicyclic) bond motifs is 1. The fraction of sp³-hybridized carbons (Fsp3) is 0.545. The molecule has 27 heavy (non-hydrogen) atoms. The molecule has 1 aliphatic carbocycles. The maximum Gasteiger partial charge on any atom is 0.261 e. The Labute approximate surface area is 163 Å². The van der Waals surface area contributed by atoms with Crippen LogP contribution >= 0.6 is 0 Å². The molecule has 2 aliphatic rings. The lowest BCUT2D eigenvalue weighted by atomic mass is 9.92. The molecule has 4 nitrogen and oxygen atoms in total. The van der Waals surface area contributed by atoms with Gasteiger partial charge < -0.3 is 4.43 Å². The molecule has 0 N–H and O–H groups in total. The first-order valence-corrected chi connectivity index (χ1v) is 12.8. The monoisotopic (exact) mass is 385 g/mol. The number of carbonyl (C=O) groups is 2. The first-order valence-electron chi connectivity index (χ1n) is 9.91. The van der Waals surface area contributed by atoms with Crippen molar-refractivity contribution < 1.29 is 14.0 Å². The zero-order valence-electron chi connectivity index (χ0n) is 17.2. The Kier molecular flexibility index (Phi) is 5.46. The quantitative estimate of drug-likeness (QED) is 0.399. The van der Waals surface area contributed by atoms with Crippen LogP contribution in [0.3, 0.4) is 0 Å². The number of benzene rings is 1. The summed E-state index contributed by atoms with van der Waals surface area (Å²) in [6.45, 7) is 12.3. The average molecular weight is 386 g/mol. The van der Waals surface area contributed by atoms with Gasteiger partial charge in [-0.1, -0.05) is 32.9 Å². The van der Waals surface area contributed by atoms with E-state index in [1.54, 1.807) is 12.1 Å². The number of hydrogen-bond acceptors (Lipinski definition) is 3.